The maximum Gasteiger partial charge on any atom is 0.344 e. The van der Waals surface area contributed by atoms with Gasteiger partial charge in [-0.2, -0.15) is 0 Å². The Kier molecular flexibility index (Phi) is 6.71. The van der Waals surface area contributed by atoms with Gasteiger partial charge < -0.3 is 9.47 Å². The fraction of sp³-hybridized carbons (Fsp3) is 0.182. The van der Waals surface area contributed by atoms with Crippen molar-refractivity contribution < 1.29 is 28.7 Å². The van der Waals surface area contributed by atoms with Gasteiger partial charge in [-0.25, -0.2) is 14.5 Å². The molecule has 0 unspecified atom stereocenters. The van der Waals surface area contributed by atoms with Gasteiger partial charge in [0.25, 0.3) is 11.8 Å². The van der Waals surface area contributed by atoms with Crippen LogP contribution in [-0.4, -0.2) is 37.0 Å². The van der Waals surface area contributed by atoms with E-state index in [1.807, 2.05) is 0 Å². The molecule has 160 valence electrons. The molecule has 31 heavy (non-hydrogen) atoms. The number of hydrogen-bond donors (Lipinski definition) is 1. The number of nitrogens with one attached hydrogen (secondary N) is 1. The van der Waals surface area contributed by atoms with E-state index in [0.717, 1.165) is 10.5 Å². The van der Waals surface area contributed by atoms with Gasteiger partial charge >= 0.3 is 12.0 Å². The number of aryl methyl sites for hydroxylation is 1. The average Bonchev–Trinajstić information content (AvgIpc) is 2.73. The molecule has 0 radical (unpaired) electrons. The van der Waals surface area contributed by atoms with Gasteiger partial charge in [-0.1, -0.05) is 35.9 Å². The van der Waals surface area contributed by atoms with Gasteiger partial charge in [-0.05, 0) is 43.7 Å². The number of barbiturate groups is 1. The molecule has 4 amide bonds. The minimum Gasteiger partial charge on any atom is -0.481 e. The summed E-state index contributed by atoms with van der Waals surface area (Å²) in [6, 6.07) is 10.4. The number of para-hydroxylation sites is 1. The lowest BCUT2D eigenvalue weighted by Gasteiger charge is -2.26. The fourth-order valence-corrected chi connectivity index (χ4v) is 3.01. The van der Waals surface area contributed by atoms with E-state index in [2.05, 4.69) is 5.32 Å². The molecule has 1 fully saturated rings. The van der Waals surface area contributed by atoms with E-state index in [1.54, 1.807) is 50.2 Å². The molecule has 1 saturated heterocycles. The Hall–Kier alpha value is -3.65. The molecular weight excluding hydrogens is 424 g/mol. The number of benzene rings is 2. The zero-order chi connectivity index (χ0) is 22.5. The third-order valence-corrected chi connectivity index (χ3v) is 4.79. The third kappa shape index (κ3) is 4.92. The van der Waals surface area contributed by atoms with Crippen LogP contribution in [0.15, 0.2) is 48.0 Å². The van der Waals surface area contributed by atoms with Crippen LogP contribution in [0.25, 0.3) is 6.08 Å². The van der Waals surface area contributed by atoms with Crippen molar-refractivity contribution in [3.63, 3.8) is 0 Å². The Morgan fingerprint density at radius 1 is 1.16 bits per heavy atom. The maximum absolute atomic E-state index is 13.0. The van der Waals surface area contributed by atoms with E-state index in [1.165, 1.54) is 12.1 Å². The first-order chi connectivity index (χ1) is 14.8. The molecule has 0 spiro atoms. The van der Waals surface area contributed by atoms with Crippen LogP contribution in [0.1, 0.15) is 18.1 Å². The Morgan fingerprint density at radius 2 is 1.90 bits per heavy atom. The van der Waals surface area contributed by atoms with E-state index in [0.29, 0.717) is 10.6 Å². The smallest absolute Gasteiger partial charge is 0.344 e. The van der Waals surface area contributed by atoms with E-state index in [-0.39, 0.29) is 30.2 Å². The summed E-state index contributed by atoms with van der Waals surface area (Å²) in [6.07, 6.45) is 1.30. The number of nitrogens with zero attached hydrogens (tertiary/aromatic N) is 1. The quantitative estimate of drug-likeness (QED) is 0.418. The fourth-order valence-electron chi connectivity index (χ4n) is 2.84. The highest BCUT2D eigenvalue weighted by molar-refractivity contribution is 6.39. The number of urea groups is 1. The molecule has 8 nitrogen and oxygen atoms in total. The summed E-state index contributed by atoms with van der Waals surface area (Å²) in [5.74, 6) is -1.94. The van der Waals surface area contributed by atoms with Gasteiger partial charge in [0.05, 0.1) is 12.3 Å². The minimum atomic E-state index is -0.876. The number of anilines is 1. The van der Waals surface area contributed by atoms with Crippen LogP contribution >= 0.6 is 11.6 Å². The summed E-state index contributed by atoms with van der Waals surface area (Å²) in [5, 5.41) is 2.52. The number of imide groups is 2. The lowest BCUT2D eigenvalue weighted by Crippen LogP contribution is -2.54. The molecule has 1 heterocycles. The molecule has 3 rings (SSSR count). The molecule has 0 bridgehead atoms. The first-order valence-corrected chi connectivity index (χ1v) is 9.74. The number of carbonyl (C=O) groups is 4. The standard InChI is InChI=1S/C22H19ClN2O6/c1-3-30-19(26)12-31-18-7-5-4-6-14(18)10-16-20(27)24-22(29)25(21(16)28)15-9-8-13(2)17(23)11-15/h4-11H,3,12H2,1-2H3,(H,24,27,29)/b16-10-. The second kappa shape index (κ2) is 9.44. The zero-order valence-electron chi connectivity index (χ0n) is 16.8. The third-order valence-electron chi connectivity index (χ3n) is 4.38. The molecule has 2 aromatic carbocycles. The first kappa shape index (κ1) is 22.0. The highest BCUT2D eigenvalue weighted by Crippen LogP contribution is 2.28. The van der Waals surface area contributed by atoms with Gasteiger partial charge in [0.2, 0.25) is 0 Å². The Bertz CT molecular complexity index is 1100. The second-order valence-electron chi connectivity index (χ2n) is 6.52. The number of rotatable bonds is 6. The van der Waals surface area contributed by atoms with Crippen LogP contribution in [0.2, 0.25) is 5.02 Å². The normalized spacial score (nSPS) is 15.1. The summed E-state index contributed by atoms with van der Waals surface area (Å²) < 4.78 is 10.3. The van der Waals surface area contributed by atoms with Crippen LogP contribution in [0.5, 0.6) is 5.75 Å². The number of ether oxygens (including phenoxy) is 2. The highest BCUT2D eigenvalue weighted by atomic mass is 35.5. The predicted octanol–water partition coefficient (Wildman–Crippen LogP) is 3.26. The molecule has 0 aliphatic carbocycles. The van der Waals surface area contributed by atoms with Crippen molar-refractivity contribution in [1.82, 2.24) is 5.32 Å². The summed E-state index contributed by atoms with van der Waals surface area (Å²) in [5.41, 5.74) is 1.10. The SMILES string of the molecule is CCOC(=O)COc1ccccc1/C=C1/C(=O)NC(=O)N(c2ccc(C)c(Cl)c2)C1=O. The van der Waals surface area contributed by atoms with Crippen molar-refractivity contribution in [2.24, 2.45) is 0 Å². The van der Waals surface area contributed by atoms with Crippen LogP contribution in [-0.2, 0) is 19.1 Å². The maximum atomic E-state index is 13.0. The average molecular weight is 443 g/mol. The van der Waals surface area contributed by atoms with Gasteiger partial charge in [0.15, 0.2) is 6.61 Å². The molecule has 0 saturated carbocycles. The van der Waals surface area contributed by atoms with Crippen LogP contribution < -0.4 is 15.0 Å². The van der Waals surface area contributed by atoms with Crippen molar-refractivity contribution in [2.75, 3.05) is 18.1 Å². The monoisotopic (exact) mass is 442 g/mol. The topological polar surface area (TPSA) is 102 Å². The summed E-state index contributed by atoms with van der Waals surface area (Å²) in [7, 11) is 0. The Balaban J connectivity index is 1.93. The summed E-state index contributed by atoms with van der Waals surface area (Å²) >= 11 is 6.12. The zero-order valence-corrected chi connectivity index (χ0v) is 17.6. The van der Waals surface area contributed by atoms with Gasteiger partial charge in [-0.3, -0.25) is 14.9 Å². The van der Waals surface area contributed by atoms with Crippen LogP contribution in [0, 0.1) is 6.92 Å². The van der Waals surface area contributed by atoms with Crippen molar-refractivity contribution >= 4 is 47.2 Å². The largest absolute Gasteiger partial charge is 0.481 e. The second-order valence-corrected chi connectivity index (χ2v) is 6.93. The molecule has 9 heteroatoms. The first-order valence-electron chi connectivity index (χ1n) is 9.37. The number of halogens is 1. The number of esters is 1. The molecule has 0 atom stereocenters. The Morgan fingerprint density at radius 3 is 2.61 bits per heavy atom. The lowest BCUT2D eigenvalue weighted by atomic mass is 10.1. The molecule has 2 aromatic rings. The molecule has 1 N–H and O–H groups in total. The van der Waals surface area contributed by atoms with E-state index in [4.69, 9.17) is 21.1 Å². The summed E-state index contributed by atoms with van der Waals surface area (Å²) in [4.78, 5) is 50.2. The van der Waals surface area contributed by atoms with E-state index < -0.39 is 23.8 Å². The van der Waals surface area contributed by atoms with Crippen molar-refractivity contribution in [1.29, 1.82) is 0 Å². The van der Waals surface area contributed by atoms with Gasteiger partial charge in [-0.15, -0.1) is 0 Å². The van der Waals surface area contributed by atoms with Crippen LogP contribution in [0.4, 0.5) is 10.5 Å². The molecular formula is C22H19ClN2O6. The predicted molar refractivity (Wildman–Crippen MR) is 114 cm³/mol. The number of carbonyl (C=O) groups excluding carboxylic acids is 4. The summed E-state index contributed by atoms with van der Waals surface area (Å²) in [6.45, 7) is 3.35. The number of hydrogen-bond acceptors (Lipinski definition) is 6. The van der Waals surface area contributed by atoms with Gasteiger partial charge in [0, 0.05) is 10.6 Å². The van der Waals surface area contributed by atoms with Gasteiger partial charge in [0.1, 0.15) is 11.3 Å². The Labute approximate surface area is 183 Å². The molecule has 0 aromatic heterocycles. The highest BCUT2D eigenvalue weighted by Gasteiger charge is 2.37. The lowest BCUT2D eigenvalue weighted by molar-refractivity contribution is -0.145. The molecule has 1 aliphatic heterocycles. The van der Waals surface area contributed by atoms with Crippen LogP contribution in [0.3, 0.4) is 0 Å². The van der Waals surface area contributed by atoms with Crippen molar-refractivity contribution in [3.8, 4) is 5.75 Å². The van der Waals surface area contributed by atoms with Crippen molar-refractivity contribution in [2.45, 2.75) is 13.8 Å². The van der Waals surface area contributed by atoms with E-state index in [9.17, 15) is 19.2 Å². The van der Waals surface area contributed by atoms with Crippen molar-refractivity contribution in [3.05, 3.63) is 64.2 Å². The minimum absolute atomic E-state index is 0.218. The number of amides is 4. The molecule has 1 aliphatic rings. The van der Waals surface area contributed by atoms with E-state index >= 15 is 0 Å².